The van der Waals surface area contributed by atoms with Crippen LogP contribution in [-0.2, 0) is 10.0 Å². The third kappa shape index (κ3) is 2.71. The molecule has 2 N–H and O–H groups in total. The molecule has 4 nitrogen and oxygen atoms in total. The van der Waals surface area contributed by atoms with Gasteiger partial charge >= 0.3 is 0 Å². The summed E-state index contributed by atoms with van der Waals surface area (Å²) >= 11 is 0. The van der Waals surface area contributed by atoms with Crippen molar-refractivity contribution in [1.82, 2.24) is 4.72 Å². The summed E-state index contributed by atoms with van der Waals surface area (Å²) in [6, 6.07) is 3.76. The zero-order valence-electron chi connectivity index (χ0n) is 10.1. The van der Waals surface area contributed by atoms with Crippen LogP contribution in [-0.4, -0.2) is 25.7 Å². The first-order valence-electron chi connectivity index (χ1n) is 5.81. The molecule has 1 aliphatic rings. The van der Waals surface area contributed by atoms with Gasteiger partial charge in [0.2, 0.25) is 10.0 Å². The number of sulfonamides is 1. The number of aliphatic hydroxyl groups is 1. The van der Waals surface area contributed by atoms with Crippen LogP contribution in [0, 0.1) is 12.7 Å². The maximum atomic E-state index is 13.3. The lowest BCUT2D eigenvalue weighted by Gasteiger charge is -2.36. The highest BCUT2D eigenvalue weighted by Crippen LogP contribution is 2.31. The van der Waals surface area contributed by atoms with Crippen LogP contribution in [0.15, 0.2) is 23.1 Å². The Labute approximate surface area is 106 Å². The topological polar surface area (TPSA) is 66.4 Å². The van der Waals surface area contributed by atoms with Crippen molar-refractivity contribution < 1.29 is 17.9 Å². The SMILES string of the molecule is Cc1ccc(S(=O)(=O)NCC2(O)CCC2)cc1F. The number of nitrogens with one attached hydrogen (secondary N) is 1. The fourth-order valence-corrected chi connectivity index (χ4v) is 2.95. The van der Waals surface area contributed by atoms with Crippen LogP contribution >= 0.6 is 0 Å². The predicted octanol–water partition coefficient (Wildman–Crippen LogP) is 1.33. The summed E-state index contributed by atoms with van der Waals surface area (Å²) in [6.07, 6.45) is 2.09. The molecule has 0 bridgehead atoms. The Hall–Kier alpha value is -0.980. The molecule has 1 aromatic rings. The first-order valence-corrected chi connectivity index (χ1v) is 7.29. The number of hydrogen-bond donors (Lipinski definition) is 2. The van der Waals surface area contributed by atoms with E-state index in [9.17, 15) is 17.9 Å². The number of aryl methyl sites for hydroxylation is 1. The van der Waals surface area contributed by atoms with Crippen molar-refractivity contribution >= 4 is 10.0 Å². The summed E-state index contributed by atoms with van der Waals surface area (Å²) in [5.41, 5.74) is -0.539. The smallest absolute Gasteiger partial charge is 0.240 e. The molecular formula is C12H16FNO3S. The minimum atomic E-state index is -3.76. The molecule has 0 radical (unpaired) electrons. The Morgan fingerprint density at radius 3 is 2.61 bits per heavy atom. The molecule has 2 rings (SSSR count). The van der Waals surface area contributed by atoms with Crippen molar-refractivity contribution in [3.8, 4) is 0 Å². The molecule has 18 heavy (non-hydrogen) atoms. The molecular weight excluding hydrogens is 257 g/mol. The van der Waals surface area contributed by atoms with Crippen LogP contribution in [0.25, 0.3) is 0 Å². The Balaban J connectivity index is 2.12. The van der Waals surface area contributed by atoms with Crippen LogP contribution in [0.4, 0.5) is 4.39 Å². The van der Waals surface area contributed by atoms with Gasteiger partial charge in [-0.1, -0.05) is 6.07 Å². The zero-order chi connectivity index (χ0) is 13.4. The molecule has 1 aromatic carbocycles. The molecule has 100 valence electrons. The molecule has 1 saturated carbocycles. The molecule has 0 amide bonds. The minimum Gasteiger partial charge on any atom is -0.389 e. The third-order valence-corrected chi connectivity index (χ3v) is 4.73. The highest BCUT2D eigenvalue weighted by atomic mass is 32.2. The Morgan fingerprint density at radius 1 is 1.44 bits per heavy atom. The highest BCUT2D eigenvalue weighted by molar-refractivity contribution is 7.89. The summed E-state index contributed by atoms with van der Waals surface area (Å²) in [4.78, 5) is -0.117. The molecule has 0 unspecified atom stereocenters. The van der Waals surface area contributed by atoms with Gasteiger partial charge < -0.3 is 5.11 Å². The zero-order valence-corrected chi connectivity index (χ0v) is 10.9. The largest absolute Gasteiger partial charge is 0.389 e. The van der Waals surface area contributed by atoms with Gasteiger partial charge in [-0.3, -0.25) is 0 Å². The van der Waals surface area contributed by atoms with Gasteiger partial charge in [0.1, 0.15) is 5.82 Å². The van der Waals surface area contributed by atoms with Crippen LogP contribution in [0.1, 0.15) is 24.8 Å². The van der Waals surface area contributed by atoms with Crippen molar-refractivity contribution in [3.05, 3.63) is 29.6 Å². The Bertz CT molecular complexity index is 552. The van der Waals surface area contributed by atoms with E-state index in [2.05, 4.69) is 4.72 Å². The Kier molecular flexibility index (Phi) is 3.44. The predicted molar refractivity (Wildman–Crippen MR) is 65.1 cm³/mol. The maximum absolute atomic E-state index is 13.3. The van der Waals surface area contributed by atoms with E-state index in [0.717, 1.165) is 12.5 Å². The van der Waals surface area contributed by atoms with E-state index < -0.39 is 21.4 Å². The maximum Gasteiger partial charge on any atom is 0.240 e. The Morgan fingerprint density at radius 2 is 2.11 bits per heavy atom. The van der Waals surface area contributed by atoms with E-state index >= 15 is 0 Å². The summed E-state index contributed by atoms with van der Waals surface area (Å²) in [6.45, 7) is 1.54. The molecule has 0 spiro atoms. The van der Waals surface area contributed by atoms with Gasteiger partial charge in [-0.25, -0.2) is 17.5 Å². The van der Waals surface area contributed by atoms with E-state index in [1.54, 1.807) is 6.92 Å². The molecule has 0 saturated heterocycles. The second-order valence-electron chi connectivity index (χ2n) is 4.81. The number of rotatable bonds is 4. The van der Waals surface area contributed by atoms with Crippen molar-refractivity contribution in [2.24, 2.45) is 0 Å². The van der Waals surface area contributed by atoms with E-state index in [1.807, 2.05) is 0 Å². The number of halogens is 1. The lowest BCUT2D eigenvalue weighted by Crippen LogP contribution is -2.47. The second-order valence-corrected chi connectivity index (χ2v) is 6.58. The van der Waals surface area contributed by atoms with E-state index in [1.165, 1.54) is 12.1 Å². The van der Waals surface area contributed by atoms with Crippen molar-refractivity contribution in [3.63, 3.8) is 0 Å². The van der Waals surface area contributed by atoms with Crippen molar-refractivity contribution in [1.29, 1.82) is 0 Å². The second kappa shape index (κ2) is 4.60. The van der Waals surface area contributed by atoms with Gasteiger partial charge in [0.15, 0.2) is 0 Å². The first-order chi connectivity index (χ1) is 8.32. The number of benzene rings is 1. The van der Waals surface area contributed by atoms with Gasteiger partial charge in [-0.15, -0.1) is 0 Å². The van der Waals surface area contributed by atoms with E-state index in [0.29, 0.717) is 18.4 Å². The van der Waals surface area contributed by atoms with Crippen LogP contribution < -0.4 is 4.72 Å². The third-order valence-electron chi connectivity index (χ3n) is 3.33. The van der Waals surface area contributed by atoms with Crippen LogP contribution in [0.2, 0.25) is 0 Å². The number of hydrogen-bond acceptors (Lipinski definition) is 3. The molecule has 1 fully saturated rings. The molecule has 1 aliphatic carbocycles. The van der Waals surface area contributed by atoms with Crippen molar-refractivity contribution in [2.75, 3.05) is 6.54 Å². The van der Waals surface area contributed by atoms with Gasteiger partial charge in [-0.05, 0) is 43.9 Å². The summed E-state index contributed by atoms with van der Waals surface area (Å²) in [5.74, 6) is -0.555. The molecule has 6 heteroatoms. The highest BCUT2D eigenvalue weighted by Gasteiger charge is 2.35. The monoisotopic (exact) mass is 273 g/mol. The minimum absolute atomic E-state index is 0.0230. The van der Waals surface area contributed by atoms with Gasteiger partial charge in [-0.2, -0.15) is 0 Å². The van der Waals surface area contributed by atoms with Crippen LogP contribution in [0.3, 0.4) is 0 Å². The summed E-state index contributed by atoms with van der Waals surface area (Å²) in [7, 11) is -3.76. The average molecular weight is 273 g/mol. The normalized spacial score (nSPS) is 18.4. The molecule has 0 heterocycles. The molecule has 0 aromatic heterocycles. The average Bonchev–Trinajstić information content (AvgIpc) is 2.27. The fraction of sp³-hybridized carbons (Fsp3) is 0.500. The van der Waals surface area contributed by atoms with Crippen LogP contribution in [0.5, 0.6) is 0 Å². The lowest BCUT2D eigenvalue weighted by atomic mass is 9.81. The fourth-order valence-electron chi connectivity index (χ4n) is 1.82. The van der Waals surface area contributed by atoms with E-state index in [-0.39, 0.29) is 11.4 Å². The lowest BCUT2D eigenvalue weighted by molar-refractivity contribution is -0.0270. The molecule has 0 aliphatic heterocycles. The standard InChI is InChI=1S/C12H16FNO3S/c1-9-3-4-10(7-11(9)13)18(16,17)14-8-12(15)5-2-6-12/h3-4,7,14-15H,2,5-6,8H2,1H3. The quantitative estimate of drug-likeness (QED) is 0.869. The molecule has 0 atom stereocenters. The summed E-state index contributed by atoms with van der Waals surface area (Å²) in [5, 5.41) is 9.82. The van der Waals surface area contributed by atoms with Gasteiger partial charge in [0.05, 0.1) is 10.5 Å². The van der Waals surface area contributed by atoms with Gasteiger partial charge in [0.25, 0.3) is 0 Å². The summed E-state index contributed by atoms with van der Waals surface area (Å²) < 4.78 is 39.4. The van der Waals surface area contributed by atoms with E-state index in [4.69, 9.17) is 0 Å². The first kappa shape index (κ1) is 13.5. The van der Waals surface area contributed by atoms with Crippen molar-refractivity contribution in [2.45, 2.75) is 36.7 Å². The van der Waals surface area contributed by atoms with Gasteiger partial charge in [0, 0.05) is 6.54 Å².